The molecule has 2 aliphatic rings. The van der Waals surface area contributed by atoms with Crippen LogP contribution in [0.1, 0.15) is 19.3 Å². The summed E-state index contributed by atoms with van der Waals surface area (Å²) in [6.45, 7) is 6.36. The fourth-order valence-corrected chi connectivity index (χ4v) is 3.20. The van der Waals surface area contributed by atoms with Gasteiger partial charge in [0.1, 0.15) is 0 Å². The van der Waals surface area contributed by atoms with Crippen LogP contribution in [-0.4, -0.2) is 63.7 Å². The fraction of sp³-hybridized carbons (Fsp3) is 1.00. The van der Waals surface area contributed by atoms with Gasteiger partial charge in [0.05, 0.1) is 0 Å². The molecule has 1 N–H and O–H groups in total. The van der Waals surface area contributed by atoms with Crippen LogP contribution in [0.3, 0.4) is 0 Å². The summed E-state index contributed by atoms with van der Waals surface area (Å²) in [5.74, 6) is 0.903. The number of likely N-dealkylation sites (tertiary alicyclic amines) is 1. The van der Waals surface area contributed by atoms with Gasteiger partial charge in [-0.2, -0.15) is 0 Å². The summed E-state index contributed by atoms with van der Waals surface area (Å²) in [5, 5.41) is 3.34. The summed E-state index contributed by atoms with van der Waals surface area (Å²) >= 11 is 0. The van der Waals surface area contributed by atoms with Crippen LogP contribution in [0.4, 0.5) is 0 Å². The topological polar surface area (TPSA) is 18.5 Å². The van der Waals surface area contributed by atoms with E-state index in [1.807, 2.05) is 0 Å². The van der Waals surface area contributed by atoms with E-state index in [4.69, 9.17) is 0 Å². The molecule has 1 unspecified atom stereocenters. The minimum atomic E-state index is 0.619. The van der Waals surface area contributed by atoms with Gasteiger partial charge in [0.2, 0.25) is 0 Å². The highest BCUT2D eigenvalue weighted by Gasteiger charge is 2.42. The normalized spacial score (nSPS) is 28.9. The Morgan fingerprint density at radius 1 is 1.44 bits per heavy atom. The quantitative estimate of drug-likeness (QED) is 0.724. The zero-order chi connectivity index (χ0) is 11.6. The monoisotopic (exact) mass is 225 g/mol. The lowest BCUT2D eigenvalue weighted by Gasteiger charge is -2.26. The maximum absolute atomic E-state index is 3.34. The van der Waals surface area contributed by atoms with Gasteiger partial charge in [-0.05, 0) is 58.3 Å². The molecule has 1 heterocycles. The average molecular weight is 225 g/mol. The highest BCUT2D eigenvalue weighted by atomic mass is 15.2. The van der Waals surface area contributed by atoms with Gasteiger partial charge in [-0.3, -0.25) is 0 Å². The molecule has 94 valence electrons. The molecule has 0 aromatic carbocycles. The molecule has 1 saturated heterocycles. The molecular formula is C13H27N3. The second-order valence-corrected chi connectivity index (χ2v) is 6.14. The number of nitrogens with zero attached hydrogens (tertiary/aromatic N) is 2. The lowest BCUT2D eigenvalue weighted by Crippen LogP contribution is -2.36. The van der Waals surface area contributed by atoms with E-state index in [0.717, 1.165) is 5.92 Å². The third-order valence-corrected chi connectivity index (χ3v) is 4.17. The van der Waals surface area contributed by atoms with E-state index >= 15 is 0 Å². The SMILES string of the molecule is CNCC1(CN(C)CC2CCN(C)C2)CC1. The first-order chi connectivity index (χ1) is 7.63. The van der Waals surface area contributed by atoms with Crippen molar-refractivity contribution in [1.29, 1.82) is 0 Å². The Bertz CT molecular complexity index is 225. The van der Waals surface area contributed by atoms with Crippen LogP contribution in [-0.2, 0) is 0 Å². The Kier molecular flexibility index (Phi) is 3.88. The van der Waals surface area contributed by atoms with Gasteiger partial charge in [-0.1, -0.05) is 0 Å². The Hall–Kier alpha value is -0.120. The van der Waals surface area contributed by atoms with Crippen molar-refractivity contribution < 1.29 is 0 Å². The van der Waals surface area contributed by atoms with Crippen LogP contribution in [0, 0.1) is 11.3 Å². The molecule has 1 saturated carbocycles. The van der Waals surface area contributed by atoms with Crippen molar-refractivity contribution in [2.24, 2.45) is 11.3 Å². The molecule has 1 aliphatic heterocycles. The van der Waals surface area contributed by atoms with Gasteiger partial charge < -0.3 is 15.1 Å². The van der Waals surface area contributed by atoms with Crippen molar-refractivity contribution >= 4 is 0 Å². The fourth-order valence-electron chi connectivity index (χ4n) is 3.20. The molecule has 3 nitrogen and oxygen atoms in total. The third kappa shape index (κ3) is 3.19. The van der Waals surface area contributed by atoms with E-state index in [0.29, 0.717) is 5.41 Å². The first-order valence-corrected chi connectivity index (χ1v) is 6.65. The molecule has 0 aromatic rings. The van der Waals surface area contributed by atoms with Gasteiger partial charge in [0, 0.05) is 26.2 Å². The minimum absolute atomic E-state index is 0.619. The number of hydrogen-bond acceptors (Lipinski definition) is 3. The van der Waals surface area contributed by atoms with E-state index in [2.05, 4.69) is 36.3 Å². The first-order valence-electron chi connectivity index (χ1n) is 6.65. The highest BCUT2D eigenvalue weighted by molar-refractivity contribution is 4.96. The summed E-state index contributed by atoms with van der Waals surface area (Å²) in [4.78, 5) is 5.02. The standard InChI is InChI=1S/C13H27N3/c1-14-10-13(5-6-13)11-16(3)9-12-4-7-15(2)8-12/h12,14H,4-11H2,1-3H3. The maximum atomic E-state index is 3.34. The van der Waals surface area contributed by atoms with Gasteiger partial charge in [0.15, 0.2) is 0 Å². The van der Waals surface area contributed by atoms with Gasteiger partial charge in [-0.25, -0.2) is 0 Å². The molecule has 16 heavy (non-hydrogen) atoms. The van der Waals surface area contributed by atoms with E-state index in [1.165, 1.54) is 52.0 Å². The Labute approximate surface area is 100 Å². The zero-order valence-electron chi connectivity index (χ0n) is 11.1. The summed E-state index contributed by atoms with van der Waals surface area (Å²) in [7, 11) is 6.61. The van der Waals surface area contributed by atoms with Crippen LogP contribution in [0.15, 0.2) is 0 Å². The van der Waals surface area contributed by atoms with E-state index in [1.54, 1.807) is 0 Å². The second kappa shape index (κ2) is 5.03. The Morgan fingerprint density at radius 2 is 2.19 bits per heavy atom. The smallest absolute Gasteiger partial charge is 0.00472 e. The van der Waals surface area contributed by atoms with Crippen LogP contribution in [0.2, 0.25) is 0 Å². The third-order valence-electron chi connectivity index (χ3n) is 4.17. The van der Waals surface area contributed by atoms with Gasteiger partial charge >= 0.3 is 0 Å². The molecule has 0 aromatic heterocycles. The van der Waals surface area contributed by atoms with Crippen molar-refractivity contribution in [3.63, 3.8) is 0 Å². The number of nitrogens with one attached hydrogen (secondary N) is 1. The van der Waals surface area contributed by atoms with Crippen molar-refractivity contribution in [1.82, 2.24) is 15.1 Å². The summed E-state index contributed by atoms with van der Waals surface area (Å²) in [5.41, 5.74) is 0.619. The molecule has 0 bridgehead atoms. The average Bonchev–Trinajstić information content (AvgIpc) is 2.82. The van der Waals surface area contributed by atoms with Crippen LogP contribution >= 0.6 is 0 Å². The van der Waals surface area contributed by atoms with Gasteiger partial charge in [-0.15, -0.1) is 0 Å². The van der Waals surface area contributed by atoms with E-state index < -0.39 is 0 Å². The lowest BCUT2D eigenvalue weighted by atomic mass is 10.0. The van der Waals surface area contributed by atoms with Crippen molar-refractivity contribution in [3.05, 3.63) is 0 Å². The molecular weight excluding hydrogens is 198 g/mol. The van der Waals surface area contributed by atoms with Crippen LogP contribution in [0.5, 0.6) is 0 Å². The van der Waals surface area contributed by atoms with E-state index in [-0.39, 0.29) is 0 Å². The van der Waals surface area contributed by atoms with Crippen LogP contribution < -0.4 is 5.32 Å². The second-order valence-electron chi connectivity index (χ2n) is 6.14. The summed E-state index contributed by atoms with van der Waals surface area (Å²) in [6, 6.07) is 0. The number of rotatable bonds is 6. The highest BCUT2D eigenvalue weighted by Crippen LogP contribution is 2.45. The largest absolute Gasteiger partial charge is 0.319 e. The van der Waals surface area contributed by atoms with Gasteiger partial charge in [0.25, 0.3) is 0 Å². The summed E-state index contributed by atoms with van der Waals surface area (Å²) in [6.07, 6.45) is 4.23. The first kappa shape index (κ1) is 12.3. The molecule has 0 radical (unpaired) electrons. The maximum Gasteiger partial charge on any atom is 0.00472 e. The summed E-state index contributed by atoms with van der Waals surface area (Å²) < 4.78 is 0. The van der Waals surface area contributed by atoms with E-state index in [9.17, 15) is 0 Å². The Morgan fingerprint density at radius 3 is 2.69 bits per heavy atom. The van der Waals surface area contributed by atoms with Crippen molar-refractivity contribution in [2.75, 3.05) is 53.9 Å². The molecule has 3 heteroatoms. The predicted octanol–water partition coefficient (Wildman–Crippen LogP) is 0.870. The molecule has 2 rings (SSSR count). The molecule has 1 atom stereocenters. The molecule has 1 aliphatic carbocycles. The minimum Gasteiger partial charge on any atom is -0.319 e. The van der Waals surface area contributed by atoms with Crippen molar-refractivity contribution in [2.45, 2.75) is 19.3 Å². The predicted molar refractivity (Wildman–Crippen MR) is 68.7 cm³/mol. The number of hydrogen-bond donors (Lipinski definition) is 1. The molecule has 0 spiro atoms. The lowest BCUT2D eigenvalue weighted by molar-refractivity contribution is 0.225. The molecule has 2 fully saturated rings. The van der Waals surface area contributed by atoms with Crippen molar-refractivity contribution in [3.8, 4) is 0 Å². The zero-order valence-corrected chi connectivity index (χ0v) is 11.1. The molecule has 0 amide bonds. The van der Waals surface area contributed by atoms with Crippen LogP contribution in [0.25, 0.3) is 0 Å². The Balaban J connectivity index is 1.70.